The van der Waals surface area contributed by atoms with E-state index in [0.29, 0.717) is 42.4 Å². The molecule has 6 heteroatoms. The van der Waals surface area contributed by atoms with Crippen LogP contribution in [0.2, 0.25) is 0 Å². The number of hydrogen-bond acceptors (Lipinski definition) is 6. The van der Waals surface area contributed by atoms with E-state index in [1.807, 2.05) is 0 Å². The molecule has 0 radical (unpaired) electrons. The van der Waals surface area contributed by atoms with Crippen molar-refractivity contribution in [1.29, 1.82) is 0 Å². The van der Waals surface area contributed by atoms with Crippen molar-refractivity contribution in [2.45, 2.75) is 112 Å². The number of esters is 2. The zero-order valence-corrected chi connectivity index (χ0v) is 25.9. The number of ketones is 1. The van der Waals surface area contributed by atoms with Gasteiger partial charge in [0.2, 0.25) is 0 Å². The van der Waals surface area contributed by atoms with Crippen LogP contribution in [0.25, 0.3) is 0 Å². The van der Waals surface area contributed by atoms with Crippen LogP contribution in [-0.2, 0) is 23.9 Å². The Morgan fingerprint density at radius 3 is 2.27 bits per heavy atom. The molecular weight excluding hydrogens is 502 g/mol. The Hall–Kier alpha value is -1.95. The van der Waals surface area contributed by atoms with Crippen LogP contribution in [-0.4, -0.2) is 54.0 Å². The van der Waals surface area contributed by atoms with Crippen LogP contribution in [0.15, 0.2) is 23.3 Å². The highest BCUT2D eigenvalue weighted by Gasteiger charge is 2.67. The third-order valence-electron chi connectivity index (χ3n) is 11.8. The highest BCUT2D eigenvalue weighted by molar-refractivity contribution is 5.89. The highest BCUT2D eigenvalue weighted by atomic mass is 16.6. The molecule has 5 aliphatic rings. The summed E-state index contributed by atoms with van der Waals surface area (Å²) < 4.78 is 12.0. The van der Waals surface area contributed by atoms with Gasteiger partial charge in [0.1, 0.15) is 6.10 Å². The molecule has 0 aromatic heterocycles. The van der Waals surface area contributed by atoms with Crippen molar-refractivity contribution in [1.82, 2.24) is 4.90 Å². The summed E-state index contributed by atoms with van der Waals surface area (Å²) in [6.07, 6.45) is 11.5. The van der Waals surface area contributed by atoms with Crippen LogP contribution in [0.5, 0.6) is 0 Å². The maximum atomic E-state index is 13.0. The molecular formula is C34H51NO5. The molecule has 1 saturated heterocycles. The fourth-order valence-electron chi connectivity index (χ4n) is 10.2. The predicted octanol–water partition coefficient (Wildman–Crippen LogP) is 6.29. The van der Waals surface area contributed by atoms with Crippen LogP contribution >= 0.6 is 0 Å². The van der Waals surface area contributed by atoms with E-state index in [0.717, 1.165) is 51.7 Å². The van der Waals surface area contributed by atoms with E-state index in [2.05, 4.69) is 51.7 Å². The van der Waals surface area contributed by atoms with E-state index in [9.17, 15) is 14.4 Å². The standard InChI is InChI=1S/C34H51NO5/c1-21-16-22(2)20-35(19-21)15-11-31(38)39-26-8-12-32(6)28-9-13-33(7)29(27(28)17-23(3)30(32)18-26)10-14-34(33,24(4)36)40-25(5)37/h17-18,21-22,26-29H,8-16,19-20H2,1-7H3/t21-,22-,26+,27-,28+,29+,32-,33+,34+/m1/s1. The van der Waals surface area contributed by atoms with Gasteiger partial charge in [0.25, 0.3) is 0 Å². The molecule has 0 amide bonds. The summed E-state index contributed by atoms with van der Waals surface area (Å²) in [6, 6.07) is 0. The van der Waals surface area contributed by atoms with Crippen molar-refractivity contribution in [3.63, 3.8) is 0 Å². The molecule has 4 aliphatic carbocycles. The minimum absolute atomic E-state index is 0.0129. The molecule has 0 unspecified atom stereocenters. The van der Waals surface area contributed by atoms with Crippen LogP contribution < -0.4 is 0 Å². The van der Waals surface area contributed by atoms with Gasteiger partial charge in [0.15, 0.2) is 11.4 Å². The molecule has 6 nitrogen and oxygen atoms in total. The van der Waals surface area contributed by atoms with Gasteiger partial charge in [-0.2, -0.15) is 0 Å². The molecule has 0 bridgehead atoms. The van der Waals surface area contributed by atoms with Gasteiger partial charge in [-0.3, -0.25) is 14.4 Å². The number of Topliss-reactive ketones (excluding diaryl/α,β-unsaturated/α-hetero) is 1. The van der Waals surface area contributed by atoms with Gasteiger partial charge in [0.05, 0.1) is 6.42 Å². The second kappa shape index (κ2) is 10.7. The lowest BCUT2D eigenvalue weighted by molar-refractivity contribution is -0.185. The van der Waals surface area contributed by atoms with Gasteiger partial charge >= 0.3 is 11.9 Å². The quantitative estimate of drug-likeness (QED) is 0.360. The summed E-state index contributed by atoms with van der Waals surface area (Å²) in [5, 5.41) is 0. The summed E-state index contributed by atoms with van der Waals surface area (Å²) in [4.78, 5) is 40.4. The number of nitrogens with zero attached hydrogens (tertiary/aromatic N) is 1. The van der Waals surface area contributed by atoms with Crippen molar-refractivity contribution in [3.8, 4) is 0 Å². The second-order valence-electron chi connectivity index (χ2n) is 14.6. The summed E-state index contributed by atoms with van der Waals surface area (Å²) in [5.41, 5.74) is 1.28. The van der Waals surface area contributed by atoms with E-state index in [1.165, 1.54) is 24.5 Å². The number of rotatable bonds is 6. The number of fused-ring (bicyclic) bond motifs is 5. The number of hydrogen-bond donors (Lipinski definition) is 0. The molecule has 0 aromatic rings. The molecule has 0 aromatic carbocycles. The van der Waals surface area contributed by atoms with Gasteiger partial charge in [-0.05, 0) is 105 Å². The lowest BCUT2D eigenvalue weighted by Gasteiger charge is -2.58. The maximum Gasteiger partial charge on any atom is 0.307 e. The Morgan fingerprint density at radius 1 is 0.950 bits per heavy atom. The molecule has 222 valence electrons. The average molecular weight is 554 g/mol. The van der Waals surface area contributed by atoms with Crippen molar-refractivity contribution < 1.29 is 23.9 Å². The lowest BCUT2D eigenvalue weighted by atomic mass is 9.47. The van der Waals surface area contributed by atoms with Gasteiger partial charge in [-0.25, -0.2) is 0 Å². The van der Waals surface area contributed by atoms with E-state index < -0.39 is 5.60 Å². The van der Waals surface area contributed by atoms with E-state index >= 15 is 0 Å². The van der Waals surface area contributed by atoms with Crippen LogP contribution in [0.4, 0.5) is 0 Å². The first-order valence-corrected chi connectivity index (χ1v) is 15.8. The molecule has 5 rings (SSSR count). The number of allylic oxidation sites excluding steroid dienone is 3. The summed E-state index contributed by atoms with van der Waals surface area (Å²) >= 11 is 0. The van der Waals surface area contributed by atoms with Gasteiger partial charge in [0, 0.05) is 32.0 Å². The predicted molar refractivity (Wildman–Crippen MR) is 155 cm³/mol. The largest absolute Gasteiger partial charge is 0.458 e. The molecule has 0 spiro atoms. The fraction of sp³-hybridized carbons (Fsp3) is 0.794. The van der Waals surface area contributed by atoms with Crippen molar-refractivity contribution >= 4 is 17.7 Å². The first-order chi connectivity index (χ1) is 18.8. The lowest BCUT2D eigenvalue weighted by Crippen LogP contribution is -2.58. The number of carbonyl (C=O) groups is 3. The minimum Gasteiger partial charge on any atom is -0.458 e. The summed E-state index contributed by atoms with van der Waals surface area (Å²) in [6.45, 7) is 17.4. The number of carbonyl (C=O) groups excluding carboxylic acids is 3. The van der Waals surface area contributed by atoms with Gasteiger partial charge in [-0.15, -0.1) is 0 Å². The molecule has 2 saturated carbocycles. The molecule has 1 aliphatic heterocycles. The molecule has 9 atom stereocenters. The monoisotopic (exact) mass is 553 g/mol. The molecule has 1 heterocycles. The third-order valence-corrected chi connectivity index (χ3v) is 11.8. The normalized spacial score (nSPS) is 43.0. The Labute approximate surface area is 241 Å². The van der Waals surface area contributed by atoms with Gasteiger partial charge in [-0.1, -0.05) is 39.3 Å². The number of likely N-dealkylation sites (tertiary alicyclic amines) is 1. The van der Waals surface area contributed by atoms with E-state index in [4.69, 9.17) is 9.47 Å². The summed E-state index contributed by atoms with van der Waals surface area (Å²) in [7, 11) is 0. The smallest absolute Gasteiger partial charge is 0.307 e. The molecule has 40 heavy (non-hydrogen) atoms. The van der Waals surface area contributed by atoms with E-state index in [-0.39, 0.29) is 34.7 Å². The minimum atomic E-state index is -1.01. The second-order valence-corrected chi connectivity index (χ2v) is 14.6. The maximum absolute atomic E-state index is 13.0. The molecule has 3 fully saturated rings. The first-order valence-electron chi connectivity index (χ1n) is 15.8. The number of ether oxygens (including phenoxy) is 2. The van der Waals surface area contributed by atoms with Crippen molar-refractivity contribution in [3.05, 3.63) is 23.3 Å². The van der Waals surface area contributed by atoms with Crippen LogP contribution in [0.1, 0.15) is 99.8 Å². The SMILES string of the molecule is CC(=O)O[C@]1(C(C)=O)CC[C@H]2[C@@H]3C=C(C)C4=C[C@@H](OC(=O)CCN5C[C@H](C)C[C@@H](C)C5)CC[C@]4(C)[C@H]3CC[C@@]21C. The Balaban J connectivity index is 1.31. The summed E-state index contributed by atoms with van der Waals surface area (Å²) in [5.74, 6) is 2.04. The third kappa shape index (κ3) is 4.90. The highest BCUT2D eigenvalue weighted by Crippen LogP contribution is 2.68. The Kier molecular flexibility index (Phi) is 7.91. The van der Waals surface area contributed by atoms with Crippen molar-refractivity contribution in [2.24, 2.45) is 40.4 Å². The Morgan fingerprint density at radius 2 is 1.62 bits per heavy atom. The van der Waals surface area contributed by atoms with Crippen LogP contribution in [0.3, 0.4) is 0 Å². The van der Waals surface area contributed by atoms with Gasteiger partial charge < -0.3 is 14.4 Å². The van der Waals surface area contributed by atoms with Crippen LogP contribution in [0, 0.1) is 40.4 Å². The van der Waals surface area contributed by atoms with E-state index in [1.54, 1.807) is 6.92 Å². The zero-order valence-electron chi connectivity index (χ0n) is 25.9. The van der Waals surface area contributed by atoms with Crippen molar-refractivity contribution in [2.75, 3.05) is 19.6 Å². The first kappa shape index (κ1) is 29.5. The fourth-order valence-corrected chi connectivity index (χ4v) is 10.2. The average Bonchev–Trinajstić information content (AvgIpc) is 3.16. The number of piperidine rings is 1. The topological polar surface area (TPSA) is 72.9 Å². The zero-order chi connectivity index (χ0) is 29.0. The molecule has 0 N–H and O–H groups in total. The Bertz CT molecular complexity index is 1100.